The van der Waals surface area contributed by atoms with E-state index in [0.717, 1.165) is 12.0 Å². The minimum absolute atomic E-state index is 0.186. The lowest BCUT2D eigenvalue weighted by atomic mass is 9.78. The molecule has 0 spiro atoms. The van der Waals surface area contributed by atoms with E-state index in [4.69, 9.17) is 17.0 Å². The van der Waals surface area contributed by atoms with Crippen molar-refractivity contribution in [1.82, 2.24) is 16.2 Å². The Morgan fingerprint density at radius 3 is 2.54 bits per heavy atom. The smallest absolute Gasteiger partial charge is 0.269 e. The van der Waals surface area contributed by atoms with Crippen LogP contribution in [0.15, 0.2) is 24.3 Å². The first-order valence-electron chi connectivity index (χ1n) is 9.44. The van der Waals surface area contributed by atoms with Crippen molar-refractivity contribution in [3.05, 3.63) is 35.4 Å². The van der Waals surface area contributed by atoms with E-state index in [1.54, 1.807) is 12.1 Å². The van der Waals surface area contributed by atoms with Gasteiger partial charge in [-0.3, -0.25) is 15.6 Å². The molecule has 0 heterocycles. The summed E-state index contributed by atoms with van der Waals surface area (Å²) in [7, 11) is 0. The first-order valence-corrected chi connectivity index (χ1v) is 9.85. The van der Waals surface area contributed by atoms with Crippen LogP contribution in [0.3, 0.4) is 0 Å². The average molecular weight is 378 g/mol. The third-order valence-corrected chi connectivity index (χ3v) is 5.33. The molecule has 26 heavy (non-hydrogen) atoms. The minimum Gasteiger partial charge on any atom is -0.374 e. The van der Waals surface area contributed by atoms with Crippen LogP contribution in [0.4, 0.5) is 0 Å². The molecule has 0 saturated heterocycles. The highest BCUT2D eigenvalue weighted by atomic mass is 32.1. The summed E-state index contributed by atoms with van der Waals surface area (Å²) in [4.78, 5) is 12.2. The normalized spacial score (nSPS) is 22.7. The largest absolute Gasteiger partial charge is 0.374 e. The van der Waals surface area contributed by atoms with Gasteiger partial charge in [-0.05, 0) is 62.0 Å². The summed E-state index contributed by atoms with van der Waals surface area (Å²) >= 11 is 5.32. The third kappa shape index (κ3) is 6.25. The lowest BCUT2D eigenvalue weighted by Gasteiger charge is -2.35. The lowest BCUT2D eigenvalue weighted by molar-refractivity contribution is 0.0656. The van der Waals surface area contributed by atoms with Crippen LogP contribution in [0.25, 0.3) is 0 Å². The summed E-state index contributed by atoms with van der Waals surface area (Å²) in [5.74, 6) is 1.05. The Labute approximate surface area is 162 Å². The number of rotatable bonds is 5. The Morgan fingerprint density at radius 1 is 1.19 bits per heavy atom. The van der Waals surface area contributed by atoms with E-state index in [9.17, 15) is 4.79 Å². The third-order valence-electron chi connectivity index (χ3n) is 5.11. The first-order chi connectivity index (χ1) is 12.4. The summed E-state index contributed by atoms with van der Waals surface area (Å²) < 4.78 is 5.56. The van der Waals surface area contributed by atoms with E-state index in [1.165, 1.54) is 12.8 Å². The van der Waals surface area contributed by atoms with Gasteiger partial charge in [-0.15, -0.1) is 0 Å². The molecule has 1 aromatic carbocycles. The van der Waals surface area contributed by atoms with E-state index >= 15 is 0 Å². The van der Waals surface area contributed by atoms with Crippen molar-refractivity contribution in [1.29, 1.82) is 0 Å². The molecule has 1 saturated carbocycles. The van der Waals surface area contributed by atoms with Crippen LogP contribution in [-0.2, 0) is 11.3 Å². The molecule has 0 bridgehead atoms. The molecule has 1 fully saturated rings. The fourth-order valence-electron chi connectivity index (χ4n) is 3.19. The van der Waals surface area contributed by atoms with E-state index in [0.29, 0.717) is 35.2 Å². The maximum atomic E-state index is 12.2. The Hall–Kier alpha value is -1.66. The predicted molar refractivity (Wildman–Crippen MR) is 109 cm³/mol. The number of ether oxygens (including phenoxy) is 1. The summed E-state index contributed by atoms with van der Waals surface area (Å²) in [5.41, 5.74) is 7.09. The molecule has 5 nitrogen and oxygen atoms in total. The van der Waals surface area contributed by atoms with Crippen molar-refractivity contribution in [3.63, 3.8) is 0 Å². The van der Waals surface area contributed by atoms with Gasteiger partial charge < -0.3 is 10.1 Å². The van der Waals surface area contributed by atoms with Gasteiger partial charge in [0, 0.05) is 11.6 Å². The topological polar surface area (TPSA) is 62.4 Å². The van der Waals surface area contributed by atoms with Crippen LogP contribution in [0.5, 0.6) is 0 Å². The molecule has 2 rings (SSSR count). The second kappa shape index (κ2) is 9.88. The minimum atomic E-state index is -0.212. The van der Waals surface area contributed by atoms with Gasteiger partial charge in [0.25, 0.3) is 5.91 Å². The van der Waals surface area contributed by atoms with Gasteiger partial charge in [0.15, 0.2) is 5.11 Å². The monoisotopic (exact) mass is 377 g/mol. The van der Waals surface area contributed by atoms with Gasteiger partial charge in [0.2, 0.25) is 0 Å². The Kier molecular flexibility index (Phi) is 7.85. The zero-order chi connectivity index (χ0) is 19.1. The number of amides is 1. The molecule has 0 radical (unpaired) electrons. The Balaban J connectivity index is 1.77. The number of nitrogens with one attached hydrogen (secondary N) is 3. The molecule has 3 atom stereocenters. The molecular weight excluding hydrogens is 346 g/mol. The van der Waals surface area contributed by atoms with Crippen LogP contribution in [0.2, 0.25) is 0 Å². The summed E-state index contributed by atoms with van der Waals surface area (Å²) in [6.07, 6.45) is 3.78. The fraction of sp³-hybridized carbons (Fsp3) is 0.600. The average Bonchev–Trinajstić information content (AvgIpc) is 2.62. The van der Waals surface area contributed by atoms with Crippen molar-refractivity contribution in [2.24, 2.45) is 11.8 Å². The molecule has 1 aliphatic rings. The van der Waals surface area contributed by atoms with Crippen molar-refractivity contribution in [3.8, 4) is 0 Å². The van der Waals surface area contributed by atoms with Crippen molar-refractivity contribution in [2.75, 3.05) is 0 Å². The molecule has 144 valence electrons. The second-order valence-corrected chi connectivity index (χ2v) is 7.89. The van der Waals surface area contributed by atoms with E-state index < -0.39 is 0 Å². The van der Waals surface area contributed by atoms with Crippen molar-refractivity contribution >= 4 is 23.2 Å². The number of hydrogen-bond acceptors (Lipinski definition) is 3. The van der Waals surface area contributed by atoms with Crippen LogP contribution in [0, 0.1) is 11.8 Å². The van der Waals surface area contributed by atoms with E-state index in [2.05, 4.69) is 30.0 Å². The number of carbonyl (C=O) groups excluding carboxylic acids is 1. The summed E-state index contributed by atoms with van der Waals surface area (Å²) in [6, 6.07) is 7.74. The molecule has 1 aromatic rings. The lowest BCUT2D eigenvalue weighted by Crippen LogP contribution is -2.52. The first kappa shape index (κ1) is 20.6. The molecular formula is C20H31N3O2S. The Morgan fingerprint density at radius 2 is 1.88 bits per heavy atom. The number of thiocarbonyl (C=S) groups is 1. The number of hydrogen-bond donors (Lipinski definition) is 3. The highest BCUT2D eigenvalue weighted by Crippen LogP contribution is 2.29. The molecule has 0 unspecified atom stereocenters. The highest BCUT2D eigenvalue weighted by Gasteiger charge is 2.27. The van der Waals surface area contributed by atoms with Crippen molar-refractivity contribution in [2.45, 2.75) is 65.7 Å². The van der Waals surface area contributed by atoms with Crippen molar-refractivity contribution < 1.29 is 9.53 Å². The molecule has 1 aliphatic carbocycles. The number of benzene rings is 1. The van der Waals surface area contributed by atoms with Crippen LogP contribution < -0.4 is 16.2 Å². The zero-order valence-corrected chi connectivity index (χ0v) is 17.0. The second-order valence-electron chi connectivity index (χ2n) is 7.48. The van der Waals surface area contributed by atoms with Gasteiger partial charge in [-0.2, -0.15) is 0 Å². The Bertz CT molecular complexity index is 604. The fourth-order valence-corrected chi connectivity index (χ4v) is 3.39. The van der Waals surface area contributed by atoms with Gasteiger partial charge in [0.05, 0.1) is 12.7 Å². The molecule has 1 amide bonds. The SMILES string of the molecule is CC(C)OCc1ccc(C(=O)NNC(=S)N[C@H]2CCC[C@@H](C)[C@H]2C)cc1. The zero-order valence-electron chi connectivity index (χ0n) is 16.2. The van der Waals surface area contributed by atoms with Crippen LogP contribution >= 0.6 is 12.2 Å². The van der Waals surface area contributed by atoms with E-state index in [1.807, 2.05) is 26.0 Å². The predicted octanol–water partition coefficient (Wildman–Crippen LogP) is 3.55. The molecule has 0 aliphatic heterocycles. The summed E-state index contributed by atoms with van der Waals surface area (Å²) in [6.45, 7) is 9.09. The summed E-state index contributed by atoms with van der Waals surface area (Å²) in [5, 5.41) is 3.80. The molecule has 0 aromatic heterocycles. The number of carbonyl (C=O) groups is 1. The van der Waals surface area contributed by atoms with Gasteiger partial charge in [0.1, 0.15) is 0 Å². The van der Waals surface area contributed by atoms with Crippen LogP contribution in [-0.4, -0.2) is 23.2 Å². The van der Waals surface area contributed by atoms with Crippen LogP contribution in [0.1, 0.15) is 62.9 Å². The van der Waals surface area contributed by atoms with Gasteiger partial charge >= 0.3 is 0 Å². The maximum absolute atomic E-state index is 12.2. The van der Waals surface area contributed by atoms with Gasteiger partial charge in [-0.25, -0.2) is 0 Å². The molecule has 6 heteroatoms. The van der Waals surface area contributed by atoms with Gasteiger partial charge in [-0.1, -0.05) is 38.8 Å². The molecule has 3 N–H and O–H groups in total. The van der Waals surface area contributed by atoms with E-state index in [-0.39, 0.29) is 12.0 Å². The maximum Gasteiger partial charge on any atom is 0.269 e. The number of hydrazine groups is 1. The standard InChI is InChI=1S/C20H31N3O2S/c1-13(2)25-12-16-8-10-17(11-9-16)19(24)22-23-20(26)21-18-7-5-6-14(3)15(18)4/h8-11,13-15,18H,5-7,12H2,1-4H3,(H,22,24)(H2,21,23,26)/t14-,15-,18+/m1/s1. The highest BCUT2D eigenvalue weighted by molar-refractivity contribution is 7.80. The quantitative estimate of drug-likeness (QED) is 0.541.